The smallest absolute Gasteiger partial charge is 0.252 e. The second-order valence-corrected chi connectivity index (χ2v) is 4.85. The highest BCUT2D eigenvalue weighted by atomic mass is 16.7. The number of nitrogens with one attached hydrogen (secondary N) is 2. The van der Waals surface area contributed by atoms with Crippen LogP contribution in [0, 0.1) is 0 Å². The molecule has 1 unspecified atom stereocenters. The van der Waals surface area contributed by atoms with Gasteiger partial charge >= 0.3 is 0 Å². The minimum Gasteiger partial charge on any atom is -0.454 e. The molecule has 1 aromatic heterocycles. The monoisotopic (exact) mass is 301 g/mol. The molecule has 2 aromatic rings. The lowest BCUT2D eigenvalue weighted by Crippen LogP contribution is -2.23. The molecule has 4 rings (SSSR count). The largest absolute Gasteiger partial charge is 0.454 e. The van der Waals surface area contributed by atoms with Crippen LogP contribution in [0.2, 0.25) is 0 Å². The van der Waals surface area contributed by atoms with E-state index in [1.165, 1.54) is 11.0 Å². The molecular weight excluding hydrogens is 290 g/mol. The van der Waals surface area contributed by atoms with Crippen molar-refractivity contribution >= 4 is 23.5 Å². The zero-order valence-corrected chi connectivity index (χ0v) is 11.3. The van der Waals surface area contributed by atoms with E-state index >= 15 is 0 Å². The number of aromatic nitrogens is 3. The molecule has 0 saturated heterocycles. The lowest BCUT2D eigenvalue weighted by atomic mass is 10.2. The Balaban J connectivity index is 1.46. The van der Waals surface area contributed by atoms with Gasteiger partial charge in [0.25, 0.3) is 5.91 Å². The molecule has 2 amide bonds. The molecule has 2 N–H and O–H groups in total. The Morgan fingerprint density at radius 3 is 3.18 bits per heavy atom. The van der Waals surface area contributed by atoms with Gasteiger partial charge in [-0.25, -0.2) is 4.68 Å². The van der Waals surface area contributed by atoms with E-state index in [4.69, 9.17) is 9.47 Å². The fourth-order valence-electron chi connectivity index (χ4n) is 2.41. The normalized spacial score (nSPS) is 18.0. The zero-order valence-electron chi connectivity index (χ0n) is 11.3. The summed E-state index contributed by atoms with van der Waals surface area (Å²) in [4.78, 5) is 27.8. The lowest BCUT2D eigenvalue weighted by Gasteiger charge is -2.10. The molecular formula is C13H11N5O4. The molecule has 9 nitrogen and oxygen atoms in total. The summed E-state index contributed by atoms with van der Waals surface area (Å²) in [6.45, 7) is 0.171. The lowest BCUT2D eigenvalue weighted by molar-refractivity contribution is -0.123. The van der Waals surface area contributed by atoms with Crippen molar-refractivity contribution in [3.8, 4) is 11.5 Å². The van der Waals surface area contributed by atoms with Crippen LogP contribution in [0.1, 0.15) is 12.5 Å². The maximum Gasteiger partial charge on any atom is 0.252 e. The van der Waals surface area contributed by atoms with Crippen molar-refractivity contribution < 1.29 is 19.1 Å². The van der Waals surface area contributed by atoms with Crippen molar-refractivity contribution in [2.75, 3.05) is 17.4 Å². The van der Waals surface area contributed by atoms with Crippen LogP contribution in [-0.2, 0) is 9.59 Å². The summed E-state index contributed by atoms with van der Waals surface area (Å²) in [6.07, 6.45) is 1.30. The quantitative estimate of drug-likeness (QED) is 0.856. The molecule has 112 valence electrons. The molecule has 3 heterocycles. The predicted molar refractivity (Wildman–Crippen MR) is 73.5 cm³/mol. The molecule has 0 saturated carbocycles. The third-order valence-corrected chi connectivity index (χ3v) is 3.44. The second kappa shape index (κ2) is 4.72. The van der Waals surface area contributed by atoms with E-state index < -0.39 is 6.04 Å². The van der Waals surface area contributed by atoms with Crippen molar-refractivity contribution in [2.24, 2.45) is 0 Å². The average Bonchev–Trinajstić information content (AvgIpc) is 3.17. The van der Waals surface area contributed by atoms with Gasteiger partial charge < -0.3 is 14.8 Å². The number of rotatable bonds is 3. The third kappa shape index (κ3) is 2.03. The molecule has 1 atom stereocenters. The SMILES string of the molecule is O=C(CC1C(=O)Nc2ncnn21)Nc1ccc2c(c1)OCO2. The third-order valence-electron chi connectivity index (χ3n) is 3.44. The van der Waals surface area contributed by atoms with Crippen LogP contribution < -0.4 is 20.1 Å². The second-order valence-electron chi connectivity index (χ2n) is 4.85. The zero-order chi connectivity index (χ0) is 15.1. The van der Waals surface area contributed by atoms with Crippen molar-refractivity contribution in [1.82, 2.24) is 14.8 Å². The van der Waals surface area contributed by atoms with Gasteiger partial charge in [-0.15, -0.1) is 0 Å². The molecule has 0 bridgehead atoms. The van der Waals surface area contributed by atoms with Crippen LogP contribution in [0.3, 0.4) is 0 Å². The van der Waals surface area contributed by atoms with Crippen LogP contribution in [0.15, 0.2) is 24.5 Å². The maximum atomic E-state index is 12.1. The van der Waals surface area contributed by atoms with E-state index in [2.05, 4.69) is 20.7 Å². The number of benzene rings is 1. The molecule has 22 heavy (non-hydrogen) atoms. The van der Waals surface area contributed by atoms with Gasteiger partial charge in [0.2, 0.25) is 18.6 Å². The molecule has 2 aliphatic rings. The summed E-state index contributed by atoms with van der Waals surface area (Å²) in [5, 5.41) is 9.23. The average molecular weight is 301 g/mol. The highest BCUT2D eigenvalue weighted by molar-refractivity contribution is 6.00. The number of ether oxygens (including phenoxy) is 2. The molecule has 0 fully saturated rings. The number of nitrogens with zero attached hydrogens (tertiary/aromatic N) is 3. The fraction of sp³-hybridized carbons (Fsp3) is 0.231. The van der Waals surface area contributed by atoms with Crippen molar-refractivity contribution in [3.63, 3.8) is 0 Å². The van der Waals surface area contributed by atoms with E-state index in [-0.39, 0.29) is 25.0 Å². The van der Waals surface area contributed by atoms with Crippen LogP contribution in [0.25, 0.3) is 0 Å². The van der Waals surface area contributed by atoms with E-state index in [1.54, 1.807) is 18.2 Å². The summed E-state index contributed by atoms with van der Waals surface area (Å²) in [6, 6.07) is 4.42. The van der Waals surface area contributed by atoms with Gasteiger partial charge in [0.1, 0.15) is 12.4 Å². The molecule has 0 spiro atoms. The van der Waals surface area contributed by atoms with Crippen LogP contribution in [0.4, 0.5) is 11.6 Å². The minimum atomic E-state index is -0.688. The Morgan fingerprint density at radius 1 is 1.41 bits per heavy atom. The number of hydrogen-bond acceptors (Lipinski definition) is 6. The summed E-state index contributed by atoms with van der Waals surface area (Å²) in [7, 11) is 0. The van der Waals surface area contributed by atoms with Gasteiger partial charge in [-0.1, -0.05) is 0 Å². The standard InChI is InChI=1S/C13H11N5O4/c19-11(4-8-12(20)17-13-14-5-15-18(8)13)16-7-1-2-9-10(3-7)22-6-21-9/h1-3,5,8H,4,6H2,(H,16,19)(H,14,15,17,20). The number of amides is 2. The first-order valence-electron chi connectivity index (χ1n) is 6.60. The van der Waals surface area contributed by atoms with Crippen LogP contribution in [-0.4, -0.2) is 33.4 Å². The molecule has 0 radical (unpaired) electrons. The van der Waals surface area contributed by atoms with E-state index in [9.17, 15) is 9.59 Å². The minimum absolute atomic E-state index is 0.0311. The highest BCUT2D eigenvalue weighted by Crippen LogP contribution is 2.34. The first-order valence-corrected chi connectivity index (χ1v) is 6.60. The van der Waals surface area contributed by atoms with Crippen molar-refractivity contribution in [3.05, 3.63) is 24.5 Å². The number of anilines is 2. The topological polar surface area (TPSA) is 107 Å². The van der Waals surface area contributed by atoms with Crippen LogP contribution in [0.5, 0.6) is 11.5 Å². The predicted octanol–water partition coefficient (Wildman–Crippen LogP) is 0.529. The Bertz CT molecular complexity index is 772. The Labute approximate surface area is 124 Å². The first-order chi connectivity index (χ1) is 10.7. The van der Waals surface area contributed by atoms with Gasteiger partial charge in [-0.05, 0) is 12.1 Å². The maximum absolute atomic E-state index is 12.1. The number of carbonyl (C=O) groups is 2. The van der Waals surface area contributed by atoms with Gasteiger partial charge in [0, 0.05) is 11.8 Å². The summed E-state index contributed by atoms with van der Waals surface area (Å²) in [5.74, 6) is 0.972. The first kappa shape index (κ1) is 12.6. The summed E-state index contributed by atoms with van der Waals surface area (Å²) >= 11 is 0. The van der Waals surface area contributed by atoms with Gasteiger partial charge in [-0.3, -0.25) is 14.9 Å². The fourth-order valence-corrected chi connectivity index (χ4v) is 2.41. The molecule has 9 heteroatoms. The number of hydrogen-bond donors (Lipinski definition) is 2. The van der Waals surface area contributed by atoms with Gasteiger partial charge in [-0.2, -0.15) is 10.1 Å². The molecule has 0 aliphatic carbocycles. The van der Waals surface area contributed by atoms with E-state index in [0.29, 0.717) is 23.1 Å². The number of carbonyl (C=O) groups excluding carboxylic acids is 2. The molecule has 2 aliphatic heterocycles. The van der Waals surface area contributed by atoms with E-state index in [0.717, 1.165) is 0 Å². The highest BCUT2D eigenvalue weighted by Gasteiger charge is 2.33. The number of fused-ring (bicyclic) bond motifs is 2. The Hall–Kier alpha value is -3.10. The van der Waals surface area contributed by atoms with Crippen molar-refractivity contribution in [2.45, 2.75) is 12.5 Å². The Kier molecular flexibility index (Phi) is 2.71. The summed E-state index contributed by atoms with van der Waals surface area (Å²) < 4.78 is 11.9. The molecule has 1 aromatic carbocycles. The van der Waals surface area contributed by atoms with Crippen molar-refractivity contribution in [1.29, 1.82) is 0 Å². The summed E-state index contributed by atoms with van der Waals surface area (Å²) in [5.41, 5.74) is 0.575. The van der Waals surface area contributed by atoms with E-state index in [1.807, 2.05) is 0 Å². The Morgan fingerprint density at radius 2 is 2.27 bits per heavy atom. The van der Waals surface area contributed by atoms with Crippen LogP contribution >= 0.6 is 0 Å². The van der Waals surface area contributed by atoms with Gasteiger partial charge in [0.15, 0.2) is 11.5 Å². The van der Waals surface area contributed by atoms with Gasteiger partial charge in [0.05, 0.1) is 6.42 Å².